The van der Waals surface area contributed by atoms with Crippen LogP contribution in [0, 0.1) is 40.8 Å². The van der Waals surface area contributed by atoms with Crippen LogP contribution in [0.3, 0.4) is 0 Å². The fraction of sp³-hybridized carbons (Fsp3) is 0.500. The monoisotopic (exact) mass is 334 g/mol. The first-order valence-electron chi connectivity index (χ1n) is 8.92. The van der Waals surface area contributed by atoms with Gasteiger partial charge in [-0.05, 0) is 102 Å². The molecule has 1 aromatic carbocycles. The Hall–Kier alpha value is -1.64. The molecule has 1 aromatic rings. The molecule has 0 N–H and O–H groups in total. The predicted molar refractivity (Wildman–Crippen MR) is 98.5 cm³/mol. The Morgan fingerprint density at radius 2 is 2.12 bits per heavy atom. The van der Waals surface area contributed by atoms with Crippen molar-refractivity contribution >= 4 is 17.5 Å². The number of terminal acetylenes is 1. The molecule has 1 nitrogen and oxygen atoms in total. The smallest absolute Gasteiger partial charge is 0.139 e. The quantitative estimate of drug-likeness (QED) is 0.542. The Kier molecular flexibility index (Phi) is 3.98. The summed E-state index contributed by atoms with van der Waals surface area (Å²) in [5, 5.41) is 2.95. The molecule has 0 radical (unpaired) electrons. The Bertz CT molecular complexity index is 790. The molecule has 0 bridgehead atoms. The number of fused-ring (bicyclic) bond motifs is 5. The number of hydrogen-bond acceptors (Lipinski definition) is 2. The van der Waals surface area contributed by atoms with Gasteiger partial charge in [-0.3, -0.25) is 4.79 Å². The minimum absolute atomic E-state index is 0.0285. The van der Waals surface area contributed by atoms with E-state index in [9.17, 15) is 4.79 Å². The summed E-state index contributed by atoms with van der Waals surface area (Å²) < 4.78 is 0. The number of carbonyl (C=O) groups is 1. The van der Waals surface area contributed by atoms with Crippen molar-refractivity contribution in [2.75, 3.05) is 0 Å². The molecular weight excluding hydrogens is 312 g/mol. The lowest BCUT2D eigenvalue weighted by Gasteiger charge is -2.48. The maximum Gasteiger partial charge on any atom is 0.139 e. The fourth-order valence-electron chi connectivity index (χ4n) is 5.51. The standard InChI is InChI=1S/C22H22OS/c1-3-4-13-24-16-6-8-17-15(14-16)5-7-19-18(17)11-12-22(2)20(19)9-10-21(22)23/h1,6,8,14,18-20H,5,7,9-12H2,2H3/t18?,19?,20?,22-/m0/s1. The Balaban J connectivity index is 1.61. The van der Waals surface area contributed by atoms with Crippen molar-refractivity contribution in [3.05, 3.63) is 29.3 Å². The largest absolute Gasteiger partial charge is 0.299 e. The van der Waals surface area contributed by atoms with Crippen molar-refractivity contribution in [3.63, 3.8) is 0 Å². The van der Waals surface area contributed by atoms with E-state index in [1.807, 2.05) is 0 Å². The maximum absolute atomic E-state index is 12.4. The summed E-state index contributed by atoms with van der Waals surface area (Å²) in [6.07, 6.45) is 11.7. The van der Waals surface area contributed by atoms with Crippen molar-refractivity contribution in [1.82, 2.24) is 0 Å². The van der Waals surface area contributed by atoms with Crippen molar-refractivity contribution in [2.24, 2.45) is 17.3 Å². The van der Waals surface area contributed by atoms with Crippen LogP contribution in [0.5, 0.6) is 0 Å². The first-order valence-corrected chi connectivity index (χ1v) is 9.74. The summed E-state index contributed by atoms with van der Waals surface area (Å²) in [5.74, 6) is 7.49. The number of Topliss-reactive ketones (excluding diaryl/α,β-unsaturated/α-hetero) is 1. The van der Waals surface area contributed by atoms with Crippen molar-refractivity contribution in [1.29, 1.82) is 0 Å². The number of ketones is 1. The molecule has 2 saturated carbocycles. The highest BCUT2D eigenvalue weighted by Crippen LogP contribution is 2.59. The van der Waals surface area contributed by atoms with Crippen LogP contribution < -0.4 is 0 Å². The van der Waals surface area contributed by atoms with Gasteiger partial charge in [0.05, 0.1) is 0 Å². The van der Waals surface area contributed by atoms with Gasteiger partial charge in [-0.2, -0.15) is 0 Å². The Morgan fingerprint density at radius 1 is 1.25 bits per heavy atom. The van der Waals surface area contributed by atoms with Crippen LogP contribution in [0.25, 0.3) is 0 Å². The lowest BCUT2D eigenvalue weighted by atomic mass is 9.55. The second-order valence-corrected chi connectivity index (χ2v) is 8.55. The summed E-state index contributed by atoms with van der Waals surface area (Å²) >= 11 is 1.51. The summed E-state index contributed by atoms with van der Waals surface area (Å²) in [7, 11) is 0. The van der Waals surface area contributed by atoms with Crippen LogP contribution in [0.4, 0.5) is 0 Å². The molecule has 0 spiro atoms. The zero-order chi connectivity index (χ0) is 16.7. The maximum atomic E-state index is 12.4. The van der Waals surface area contributed by atoms with Crippen LogP contribution in [-0.2, 0) is 11.2 Å². The molecule has 0 amide bonds. The van der Waals surface area contributed by atoms with Gasteiger partial charge in [-0.25, -0.2) is 0 Å². The second kappa shape index (κ2) is 6.02. The van der Waals surface area contributed by atoms with Gasteiger partial charge in [-0.1, -0.05) is 13.0 Å². The van der Waals surface area contributed by atoms with Gasteiger partial charge in [0.15, 0.2) is 0 Å². The molecule has 4 rings (SSSR count). The number of rotatable bonds is 1. The topological polar surface area (TPSA) is 17.1 Å². The van der Waals surface area contributed by atoms with Gasteiger partial charge >= 0.3 is 0 Å². The number of carbonyl (C=O) groups excluding carboxylic acids is 1. The van der Waals surface area contributed by atoms with E-state index >= 15 is 0 Å². The lowest BCUT2D eigenvalue weighted by molar-refractivity contribution is -0.129. The van der Waals surface area contributed by atoms with E-state index < -0.39 is 0 Å². The minimum atomic E-state index is -0.0285. The summed E-state index contributed by atoms with van der Waals surface area (Å²) in [6.45, 7) is 2.24. The third-order valence-electron chi connectivity index (χ3n) is 6.70. The van der Waals surface area contributed by atoms with E-state index in [1.54, 1.807) is 0 Å². The average Bonchev–Trinajstić information content (AvgIpc) is 2.90. The number of hydrogen-bond donors (Lipinski definition) is 0. The Morgan fingerprint density at radius 3 is 2.96 bits per heavy atom. The Labute approximate surface area is 149 Å². The average molecular weight is 334 g/mol. The summed E-state index contributed by atoms with van der Waals surface area (Å²) in [6, 6.07) is 6.80. The highest BCUT2D eigenvalue weighted by atomic mass is 32.2. The van der Waals surface area contributed by atoms with Gasteiger partial charge in [-0.15, -0.1) is 6.42 Å². The van der Waals surface area contributed by atoms with Crippen molar-refractivity contribution in [2.45, 2.75) is 56.3 Å². The highest BCUT2D eigenvalue weighted by molar-refractivity contribution is 8.04. The summed E-state index contributed by atoms with van der Waals surface area (Å²) in [5.41, 5.74) is 2.98. The molecule has 122 valence electrons. The molecule has 2 fully saturated rings. The molecule has 0 aliphatic heterocycles. The molecule has 2 heteroatoms. The van der Waals surface area contributed by atoms with E-state index in [2.05, 4.69) is 42.2 Å². The van der Waals surface area contributed by atoms with Gasteiger partial charge in [0.1, 0.15) is 5.78 Å². The SMILES string of the molecule is C#CC#CSc1ccc2c(c1)CCC1C2CC[C@]2(C)C(=O)CCC12. The van der Waals surface area contributed by atoms with Gasteiger partial charge in [0.25, 0.3) is 0 Å². The zero-order valence-corrected chi connectivity index (χ0v) is 14.9. The van der Waals surface area contributed by atoms with Gasteiger partial charge in [0.2, 0.25) is 0 Å². The summed E-state index contributed by atoms with van der Waals surface area (Å²) in [4.78, 5) is 13.6. The van der Waals surface area contributed by atoms with Crippen LogP contribution >= 0.6 is 11.8 Å². The van der Waals surface area contributed by atoms with Crippen molar-refractivity contribution in [3.8, 4) is 23.5 Å². The lowest BCUT2D eigenvalue weighted by Crippen LogP contribution is -2.42. The molecule has 24 heavy (non-hydrogen) atoms. The number of thioether (sulfide) groups is 1. The molecule has 3 aliphatic carbocycles. The van der Waals surface area contributed by atoms with Crippen LogP contribution in [0.15, 0.2) is 23.1 Å². The predicted octanol–water partition coefficient (Wildman–Crippen LogP) is 4.80. The number of benzene rings is 1. The molecule has 3 unspecified atom stereocenters. The molecule has 0 heterocycles. The van der Waals surface area contributed by atoms with Crippen LogP contribution in [0.1, 0.15) is 56.1 Å². The van der Waals surface area contributed by atoms with E-state index in [0.717, 1.165) is 25.7 Å². The van der Waals surface area contributed by atoms with Crippen LogP contribution in [0.2, 0.25) is 0 Å². The zero-order valence-electron chi connectivity index (χ0n) is 14.1. The van der Waals surface area contributed by atoms with E-state index in [0.29, 0.717) is 23.5 Å². The first-order chi connectivity index (χ1) is 11.6. The van der Waals surface area contributed by atoms with Gasteiger partial charge < -0.3 is 0 Å². The highest BCUT2D eigenvalue weighted by Gasteiger charge is 2.54. The normalized spacial score (nSPS) is 33.5. The fourth-order valence-corrected chi connectivity index (χ4v) is 6.07. The number of aryl methyl sites for hydroxylation is 1. The molecule has 0 aromatic heterocycles. The van der Waals surface area contributed by atoms with Gasteiger partial charge in [0, 0.05) is 16.7 Å². The van der Waals surface area contributed by atoms with E-state index in [-0.39, 0.29) is 5.41 Å². The second-order valence-electron chi connectivity index (χ2n) is 7.67. The minimum Gasteiger partial charge on any atom is -0.299 e. The van der Waals surface area contributed by atoms with Crippen LogP contribution in [-0.4, -0.2) is 5.78 Å². The van der Waals surface area contributed by atoms with Crippen molar-refractivity contribution < 1.29 is 4.79 Å². The van der Waals surface area contributed by atoms with E-state index in [1.165, 1.54) is 40.6 Å². The third-order valence-corrected chi connectivity index (χ3v) is 7.39. The molecular formula is C22H22OS. The first kappa shape index (κ1) is 15.9. The molecule has 4 atom stereocenters. The van der Waals surface area contributed by atoms with E-state index in [4.69, 9.17) is 6.42 Å². The molecule has 3 aliphatic rings. The molecule has 0 saturated heterocycles. The third kappa shape index (κ3) is 2.40.